The maximum Gasteiger partial charge on any atom is 0.509 e. The Balaban J connectivity index is 2.36. The van der Waals surface area contributed by atoms with Crippen LogP contribution in [0.5, 0.6) is 0 Å². The Bertz CT molecular complexity index is 671. The first-order valence-corrected chi connectivity index (χ1v) is 11.5. The van der Waals surface area contributed by atoms with E-state index >= 15 is 0 Å². The largest absolute Gasteiger partial charge is 0.509 e. The van der Waals surface area contributed by atoms with Crippen LogP contribution in [0, 0.1) is 6.92 Å². The number of nitrogens with zero attached hydrogens (tertiary/aromatic N) is 1. The summed E-state index contributed by atoms with van der Waals surface area (Å²) in [5.41, 5.74) is 3.34. The van der Waals surface area contributed by atoms with Gasteiger partial charge in [0.1, 0.15) is 0 Å². The lowest BCUT2D eigenvalue weighted by Gasteiger charge is -2.35. The Morgan fingerprint density at radius 3 is 1.93 bits per heavy atom. The molecule has 0 aromatic heterocycles. The highest BCUT2D eigenvalue weighted by Crippen LogP contribution is 2.33. The van der Waals surface area contributed by atoms with Crippen molar-refractivity contribution in [3.8, 4) is 0 Å². The fourth-order valence-electron chi connectivity index (χ4n) is 3.09. The minimum absolute atomic E-state index is 0.00501. The first kappa shape index (κ1) is 21.5. The van der Waals surface area contributed by atoms with Crippen LogP contribution in [-0.2, 0) is 13.3 Å². The molecular weight excluding hydrogens is 354 g/mol. The Morgan fingerprint density at radius 1 is 0.852 bits per heavy atom. The average molecular weight is 386 g/mol. The quantitative estimate of drug-likeness (QED) is 0.381. The van der Waals surface area contributed by atoms with Gasteiger partial charge in [0.15, 0.2) is 0 Å². The van der Waals surface area contributed by atoms with Gasteiger partial charge in [-0.3, -0.25) is 4.99 Å². The standard InChI is InChI=1S/C22H31NO3Si/c1-5-24-27(25-6-2,26-7-3)22(20-15-13-19(4)14-16-20)17-18-23-21-11-9-8-10-12-21/h8-16,18,22H,5-7,17H2,1-4H3. The highest BCUT2D eigenvalue weighted by atomic mass is 28.4. The predicted molar refractivity (Wildman–Crippen MR) is 114 cm³/mol. The van der Waals surface area contributed by atoms with Gasteiger partial charge in [0.25, 0.3) is 0 Å². The van der Waals surface area contributed by atoms with Crippen LogP contribution >= 0.6 is 0 Å². The van der Waals surface area contributed by atoms with Crippen molar-refractivity contribution < 1.29 is 13.3 Å². The molecule has 0 saturated heterocycles. The van der Waals surface area contributed by atoms with Crippen molar-refractivity contribution in [1.82, 2.24) is 0 Å². The van der Waals surface area contributed by atoms with Gasteiger partial charge in [-0.25, -0.2) is 0 Å². The summed E-state index contributed by atoms with van der Waals surface area (Å²) >= 11 is 0. The zero-order chi connectivity index (χ0) is 19.5. The van der Waals surface area contributed by atoms with E-state index in [-0.39, 0.29) is 5.54 Å². The van der Waals surface area contributed by atoms with Crippen molar-refractivity contribution in [2.45, 2.75) is 39.7 Å². The molecule has 1 unspecified atom stereocenters. The molecule has 146 valence electrons. The third kappa shape index (κ3) is 6.11. The molecule has 2 rings (SSSR count). The van der Waals surface area contributed by atoms with Crippen LogP contribution < -0.4 is 0 Å². The highest BCUT2D eigenvalue weighted by molar-refractivity contribution is 6.62. The lowest BCUT2D eigenvalue weighted by Crippen LogP contribution is -2.52. The van der Waals surface area contributed by atoms with E-state index in [1.807, 2.05) is 57.3 Å². The normalized spacial score (nSPS) is 13.2. The lowest BCUT2D eigenvalue weighted by atomic mass is 10.1. The van der Waals surface area contributed by atoms with Gasteiger partial charge in [0.05, 0.1) is 11.2 Å². The predicted octanol–water partition coefficient (Wildman–Crippen LogP) is 5.46. The second kappa shape index (κ2) is 11.1. The zero-order valence-electron chi connectivity index (χ0n) is 16.9. The molecule has 0 fully saturated rings. The van der Waals surface area contributed by atoms with Crippen LogP contribution in [0.25, 0.3) is 0 Å². The van der Waals surface area contributed by atoms with Crippen molar-refractivity contribution in [2.24, 2.45) is 4.99 Å². The Morgan fingerprint density at radius 2 is 1.41 bits per heavy atom. The van der Waals surface area contributed by atoms with Crippen molar-refractivity contribution in [1.29, 1.82) is 0 Å². The highest BCUT2D eigenvalue weighted by Gasteiger charge is 2.49. The van der Waals surface area contributed by atoms with Crippen LogP contribution in [0.1, 0.15) is 43.9 Å². The van der Waals surface area contributed by atoms with Crippen LogP contribution in [0.3, 0.4) is 0 Å². The SMILES string of the molecule is CCO[Si](OCC)(OCC)C(CC=Nc1ccccc1)c1ccc(C)cc1. The summed E-state index contributed by atoms with van der Waals surface area (Å²) in [6.45, 7) is 9.74. The van der Waals surface area contributed by atoms with E-state index in [2.05, 4.69) is 36.2 Å². The van der Waals surface area contributed by atoms with E-state index in [1.54, 1.807) is 0 Å². The molecule has 1 atom stereocenters. The van der Waals surface area contributed by atoms with Gasteiger partial charge in [0.2, 0.25) is 0 Å². The summed E-state index contributed by atoms with van der Waals surface area (Å²) in [5, 5.41) is 0. The van der Waals surface area contributed by atoms with E-state index < -0.39 is 8.80 Å². The minimum atomic E-state index is -2.91. The van der Waals surface area contributed by atoms with Gasteiger partial charge in [-0.1, -0.05) is 48.0 Å². The molecule has 0 aliphatic heterocycles. The molecule has 0 N–H and O–H groups in total. The summed E-state index contributed by atoms with van der Waals surface area (Å²) in [4.78, 5) is 4.61. The maximum atomic E-state index is 6.19. The Hall–Kier alpha value is -1.79. The van der Waals surface area contributed by atoms with Crippen molar-refractivity contribution >= 4 is 20.7 Å². The molecule has 27 heavy (non-hydrogen) atoms. The van der Waals surface area contributed by atoms with Gasteiger partial charge in [-0.2, -0.15) is 0 Å². The van der Waals surface area contributed by atoms with Crippen LogP contribution in [0.2, 0.25) is 0 Å². The van der Waals surface area contributed by atoms with Gasteiger partial charge in [0, 0.05) is 26.0 Å². The van der Waals surface area contributed by atoms with Crippen molar-refractivity contribution in [3.63, 3.8) is 0 Å². The van der Waals surface area contributed by atoms with Gasteiger partial charge in [-0.15, -0.1) is 0 Å². The molecule has 0 aliphatic rings. The van der Waals surface area contributed by atoms with E-state index in [0.717, 1.165) is 5.69 Å². The molecule has 2 aromatic rings. The van der Waals surface area contributed by atoms with Crippen molar-refractivity contribution in [2.75, 3.05) is 19.8 Å². The van der Waals surface area contributed by atoms with Gasteiger partial charge < -0.3 is 13.3 Å². The second-order valence-corrected chi connectivity index (χ2v) is 9.02. The number of aliphatic imine (C=N–C) groups is 1. The third-order valence-corrected chi connectivity index (χ3v) is 7.78. The van der Waals surface area contributed by atoms with Gasteiger partial charge >= 0.3 is 8.80 Å². The molecule has 2 aromatic carbocycles. The summed E-state index contributed by atoms with van der Waals surface area (Å²) in [6, 6.07) is 18.5. The van der Waals surface area contributed by atoms with Crippen LogP contribution in [0.15, 0.2) is 59.6 Å². The Labute approximate surface area is 164 Å². The summed E-state index contributed by atoms with van der Waals surface area (Å²) in [7, 11) is -2.91. The minimum Gasteiger partial charge on any atom is -0.373 e. The monoisotopic (exact) mass is 385 g/mol. The summed E-state index contributed by atoms with van der Waals surface area (Å²) in [6.07, 6.45) is 2.66. The molecule has 0 aliphatic carbocycles. The van der Waals surface area contributed by atoms with Crippen molar-refractivity contribution in [3.05, 3.63) is 65.7 Å². The number of para-hydroxylation sites is 1. The molecule has 0 heterocycles. The number of rotatable bonds is 11. The number of benzene rings is 2. The molecular formula is C22H31NO3Si. The molecule has 0 spiro atoms. The molecule has 0 radical (unpaired) electrons. The van der Waals surface area contributed by atoms with E-state index in [4.69, 9.17) is 13.3 Å². The van der Waals surface area contributed by atoms with Crippen LogP contribution in [0.4, 0.5) is 5.69 Å². The first-order valence-electron chi connectivity index (χ1n) is 9.71. The topological polar surface area (TPSA) is 40.0 Å². The van der Waals surface area contributed by atoms with E-state index in [1.165, 1.54) is 11.1 Å². The smallest absolute Gasteiger partial charge is 0.373 e. The number of hydrogen-bond donors (Lipinski definition) is 0. The molecule has 4 nitrogen and oxygen atoms in total. The Kier molecular flexibility index (Phi) is 8.87. The van der Waals surface area contributed by atoms with E-state index in [9.17, 15) is 0 Å². The average Bonchev–Trinajstić information content (AvgIpc) is 2.67. The fraction of sp³-hybridized carbons (Fsp3) is 0.409. The first-order chi connectivity index (χ1) is 13.1. The lowest BCUT2D eigenvalue weighted by molar-refractivity contribution is 0.0623. The van der Waals surface area contributed by atoms with E-state index in [0.29, 0.717) is 26.2 Å². The zero-order valence-corrected chi connectivity index (χ0v) is 17.9. The van der Waals surface area contributed by atoms with Crippen LogP contribution in [-0.4, -0.2) is 34.8 Å². The molecule has 5 heteroatoms. The fourth-order valence-corrected chi connectivity index (χ4v) is 6.15. The number of aryl methyl sites for hydroxylation is 1. The van der Waals surface area contributed by atoms with Gasteiger partial charge in [-0.05, 0) is 51.8 Å². The molecule has 0 saturated carbocycles. The maximum absolute atomic E-state index is 6.19. The third-order valence-electron chi connectivity index (χ3n) is 4.28. The second-order valence-electron chi connectivity index (χ2n) is 6.25. The summed E-state index contributed by atoms with van der Waals surface area (Å²) < 4.78 is 18.6. The molecule has 0 amide bonds. The molecule has 0 bridgehead atoms. The summed E-state index contributed by atoms with van der Waals surface area (Å²) in [5.74, 6) is 0. The number of hydrogen-bond acceptors (Lipinski definition) is 4.